The van der Waals surface area contributed by atoms with Crippen molar-refractivity contribution >= 4 is 43.2 Å². The number of aromatic nitrogens is 1. The van der Waals surface area contributed by atoms with Crippen molar-refractivity contribution in [2.75, 3.05) is 13.1 Å². The zero-order valence-corrected chi connectivity index (χ0v) is 20.4. The number of non-ortho nitro benzene ring substituents is 1. The summed E-state index contributed by atoms with van der Waals surface area (Å²) in [7, 11) is -3.66. The normalized spacial score (nSPS) is 12.2. The summed E-state index contributed by atoms with van der Waals surface area (Å²) in [4.78, 5) is 28.0. The van der Waals surface area contributed by atoms with E-state index in [-0.39, 0.29) is 22.7 Å². The standard InChI is InChI=1S/C23H24N4O5S2/c1-4-7-15-25(6-3)34(31,32)19-11-8-17(9-12-19)22(28)24-23-26(14-5-2)20-16-18(27(29)30)10-13-21(20)33-23/h2,8-13,16H,4,6-7,14-15H2,1,3H3. The lowest BCUT2D eigenvalue weighted by Gasteiger charge is -2.20. The van der Waals surface area contributed by atoms with E-state index in [0.717, 1.165) is 12.8 Å². The van der Waals surface area contributed by atoms with Gasteiger partial charge in [0.05, 0.1) is 26.6 Å². The molecule has 2 aromatic carbocycles. The number of carbonyl (C=O) groups is 1. The van der Waals surface area contributed by atoms with Gasteiger partial charge in [0, 0.05) is 30.8 Å². The molecule has 0 N–H and O–H groups in total. The molecule has 0 fully saturated rings. The number of hydrogen-bond donors (Lipinski definition) is 0. The number of hydrogen-bond acceptors (Lipinski definition) is 6. The summed E-state index contributed by atoms with van der Waals surface area (Å²) < 4.78 is 29.4. The van der Waals surface area contributed by atoms with Crippen molar-refractivity contribution in [2.45, 2.75) is 38.1 Å². The van der Waals surface area contributed by atoms with Gasteiger partial charge in [0.25, 0.3) is 11.6 Å². The van der Waals surface area contributed by atoms with Crippen molar-refractivity contribution in [3.8, 4) is 12.3 Å². The zero-order chi connectivity index (χ0) is 24.9. The number of fused-ring (bicyclic) bond motifs is 1. The molecule has 3 aromatic rings. The molecule has 0 aliphatic heterocycles. The van der Waals surface area contributed by atoms with Crippen molar-refractivity contribution in [1.29, 1.82) is 0 Å². The van der Waals surface area contributed by atoms with E-state index in [9.17, 15) is 23.3 Å². The highest BCUT2D eigenvalue weighted by Gasteiger charge is 2.22. The lowest BCUT2D eigenvalue weighted by Crippen LogP contribution is -2.31. The number of unbranched alkanes of at least 4 members (excludes halogenated alkanes) is 1. The predicted molar refractivity (Wildman–Crippen MR) is 131 cm³/mol. The average molecular weight is 501 g/mol. The molecule has 9 nitrogen and oxygen atoms in total. The predicted octanol–water partition coefficient (Wildman–Crippen LogP) is 3.80. The largest absolute Gasteiger partial charge is 0.304 e. The van der Waals surface area contributed by atoms with Crippen LogP contribution in [0.2, 0.25) is 0 Å². The molecule has 1 amide bonds. The molecule has 0 bridgehead atoms. The number of benzene rings is 2. The molecule has 0 unspecified atom stereocenters. The van der Waals surface area contributed by atoms with E-state index in [2.05, 4.69) is 10.9 Å². The minimum Gasteiger partial charge on any atom is -0.304 e. The van der Waals surface area contributed by atoms with Crippen LogP contribution in [0.15, 0.2) is 52.4 Å². The maximum Gasteiger partial charge on any atom is 0.279 e. The Kier molecular flexibility index (Phi) is 7.98. The van der Waals surface area contributed by atoms with Gasteiger partial charge in [-0.1, -0.05) is 37.5 Å². The van der Waals surface area contributed by atoms with Crippen LogP contribution in [0.5, 0.6) is 0 Å². The van der Waals surface area contributed by atoms with Crippen LogP contribution < -0.4 is 4.80 Å². The van der Waals surface area contributed by atoms with Crippen LogP contribution in [0.4, 0.5) is 5.69 Å². The lowest BCUT2D eigenvalue weighted by molar-refractivity contribution is -0.384. The molecule has 0 saturated heterocycles. The first-order valence-electron chi connectivity index (χ1n) is 10.6. The molecule has 0 spiro atoms. The summed E-state index contributed by atoms with van der Waals surface area (Å²) in [5.41, 5.74) is 0.633. The first kappa shape index (κ1) is 25.3. The zero-order valence-electron chi connectivity index (χ0n) is 18.8. The molecule has 34 heavy (non-hydrogen) atoms. The number of nitro groups is 1. The molecule has 1 heterocycles. The van der Waals surface area contributed by atoms with Crippen LogP contribution in [0.25, 0.3) is 10.2 Å². The second-order valence-electron chi connectivity index (χ2n) is 7.38. The van der Waals surface area contributed by atoms with Crippen molar-refractivity contribution in [1.82, 2.24) is 8.87 Å². The summed E-state index contributed by atoms with van der Waals surface area (Å²) in [6.07, 6.45) is 7.10. The molecular formula is C23H24N4O5S2. The van der Waals surface area contributed by atoms with Gasteiger partial charge in [0.15, 0.2) is 4.80 Å². The number of carbonyl (C=O) groups excluding carboxylic acids is 1. The quantitative estimate of drug-likeness (QED) is 0.252. The Morgan fingerprint density at radius 2 is 1.94 bits per heavy atom. The third-order valence-corrected chi connectivity index (χ3v) is 8.22. The molecule has 0 saturated carbocycles. The first-order chi connectivity index (χ1) is 16.2. The Hall–Kier alpha value is -3.33. The average Bonchev–Trinajstić information content (AvgIpc) is 3.15. The summed E-state index contributed by atoms with van der Waals surface area (Å²) in [5, 5.41) is 11.1. The van der Waals surface area contributed by atoms with Crippen LogP contribution in [-0.2, 0) is 16.6 Å². The second kappa shape index (κ2) is 10.7. The topological polar surface area (TPSA) is 115 Å². The molecule has 1 aromatic heterocycles. The van der Waals surface area contributed by atoms with Crippen molar-refractivity contribution in [2.24, 2.45) is 4.99 Å². The molecule has 0 radical (unpaired) electrons. The lowest BCUT2D eigenvalue weighted by atomic mass is 10.2. The fourth-order valence-corrected chi connectivity index (χ4v) is 5.85. The van der Waals surface area contributed by atoms with Gasteiger partial charge in [-0.25, -0.2) is 8.42 Å². The van der Waals surface area contributed by atoms with Gasteiger partial charge in [-0.15, -0.1) is 6.42 Å². The molecule has 0 atom stereocenters. The molecule has 0 aliphatic rings. The number of nitro benzene ring substituents is 1. The van der Waals surface area contributed by atoms with Gasteiger partial charge in [0.1, 0.15) is 0 Å². The Labute approximate surface area is 201 Å². The Bertz CT molecular complexity index is 1430. The molecule has 178 valence electrons. The van der Waals surface area contributed by atoms with Crippen LogP contribution in [0.3, 0.4) is 0 Å². The van der Waals surface area contributed by atoms with Gasteiger partial charge in [-0.05, 0) is 36.8 Å². The van der Waals surface area contributed by atoms with Gasteiger partial charge in [0.2, 0.25) is 10.0 Å². The van der Waals surface area contributed by atoms with Gasteiger partial charge < -0.3 is 4.57 Å². The van der Waals surface area contributed by atoms with Crippen LogP contribution in [0, 0.1) is 22.5 Å². The minimum atomic E-state index is -3.66. The molecule has 3 rings (SSSR count). The van der Waals surface area contributed by atoms with Gasteiger partial charge in [-0.2, -0.15) is 9.30 Å². The molecule has 0 aliphatic carbocycles. The van der Waals surface area contributed by atoms with E-state index in [1.54, 1.807) is 17.6 Å². The number of rotatable bonds is 9. The number of nitrogens with zero attached hydrogens (tertiary/aromatic N) is 4. The fraction of sp³-hybridized carbons (Fsp3) is 0.304. The van der Waals surface area contributed by atoms with E-state index in [1.165, 1.54) is 52.0 Å². The molecule has 11 heteroatoms. The van der Waals surface area contributed by atoms with Crippen LogP contribution >= 0.6 is 11.3 Å². The third kappa shape index (κ3) is 5.25. The smallest absolute Gasteiger partial charge is 0.279 e. The minimum absolute atomic E-state index is 0.0784. The van der Waals surface area contributed by atoms with Crippen molar-refractivity contribution < 1.29 is 18.1 Å². The number of amides is 1. The Balaban J connectivity index is 1.96. The van der Waals surface area contributed by atoms with E-state index in [4.69, 9.17) is 6.42 Å². The monoisotopic (exact) mass is 500 g/mol. The van der Waals surface area contributed by atoms with Gasteiger partial charge in [-0.3, -0.25) is 14.9 Å². The fourth-order valence-electron chi connectivity index (χ4n) is 3.35. The summed E-state index contributed by atoms with van der Waals surface area (Å²) in [5.74, 6) is 1.90. The summed E-state index contributed by atoms with van der Waals surface area (Å²) in [6.45, 7) is 4.65. The maximum absolute atomic E-state index is 12.9. The van der Waals surface area contributed by atoms with Crippen molar-refractivity contribution in [3.05, 3.63) is 62.9 Å². The number of terminal acetylenes is 1. The Morgan fingerprint density at radius 1 is 1.24 bits per heavy atom. The first-order valence-corrected chi connectivity index (χ1v) is 12.9. The SMILES string of the molecule is C#CCn1c(=NC(=O)c2ccc(S(=O)(=O)N(CC)CCCC)cc2)sc2ccc([N+](=O)[O-])cc21. The third-order valence-electron chi connectivity index (χ3n) is 5.18. The molecular weight excluding hydrogens is 476 g/mol. The van der Waals surface area contributed by atoms with Crippen LogP contribution in [0.1, 0.15) is 37.0 Å². The van der Waals surface area contributed by atoms with Crippen LogP contribution in [-0.4, -0.2) is 41.2 Å². The summed E-state index contributed by atoms with van der Waals surface area (Å²) in [6, 6.07) is 10.0. The van der Waals surface area contributed by atoms with E-state index < -0.39 is 20.9 Å². The van der Waals surface area contributed by atoms with E-state index in [0.29, 0.717) is 28.1 Å². The number of sulfonamides is 1. The summed E-state index contributed by atoms with van der Waals surface area (Å²) >= 11 is 1.18. The maximum atomic E-state index is 12.9. The Morgan fingerprint density at radius 3 is 2.53 bits per heavy atom. The van der Waals surface area contributed by atoms with Gasteiger partial charge >= 0.3 is 0 Å². The highest BCUT2D eigenvalue weighted by molar-refractivity contribution is 7.89. The van der Waals surface area contributed by atoms with E-state index >= 15 is 0 Å². The highest BCUT2D eigenvalue weighted by Crippen LogP contribution is 2.23. The second-order valence-corrected chi connectivity index (χ2v) is 10.3. The van der Waals surface area contributed by atoms with Crippen molar-refractivity contribution in [3.63, 3.8) is 0 Å². The number of thiazole rings is 1. The van der Waals surface area contributed by atoms with E-state index in [1.807, 2.05) is 6.92 Å². The highest BCUT2D eigenvalue weighted by atomic mass is 32.2.